The van der Waals surface area contributed by atoms with E-state index in [0.717, 1.165) is 17.5 Å². The van der Waals surface area contributed by atoms with E-state index in [-0.39, 0.29) is 5.91 Å². The third kappa shape index (κ3) is 2.08. The van der Waals surface area contributed by atoms with Crippen LogP contribution in [0.25, 0.3) is 0 Å². The minimum absolute atomic E-state index is 0.128. The Morgan fingerprint density at radius 2 is 2.05 bits per heavy atom. The van der Waals surface area contributed by atoms with Crippen LogP contribution >= 0.6 is 11.6 Å². The number of hydrogen-bond acceptors (Lipinski definition) is 2. The van der Waals surface area contributed by atoms with E-state index >= 15 is 0 Å². The molecule has 1 aromatic rings. The van der Waals surface area contributed by atoms with Crippen LogP contribution in [0.3, 0.4) is 0 Å². The van der Waals surface area contributed by atoms with E-state index in [1.807, 2.05) is 11.0 Å². The Morgan fingerprint density at radius 3 is 2.75 bits per heavy atom. The van der Waals surface area contributed by atoms with Gasteiger partial charge in [-0.2, -0.15) is 0 Å². The first-order valence-electron chi connectivity index (χ1n) is 7.29. The molecule has 3 nitrogen and oxygen atoms in total. The highest BCUT2D eigenvalue weighted by atomic mass is 35.5. The molecule has 20 heavy (non-hydrogen) atoms. The molecular formula is C16H20ClNO2. The number of benzene rings is 1. The van der Waals surface area contributed by atoms with Crippen molar-refractivity contribution < 1.29 is 9.53 Å². The molecule has 0 spiro atoms. The molecule has 108 valence electrons. The Morgan fingerprint density at radius 1 is 1.30 bits per heavy atom. The van der Waals surface area contributed by atoms with Crippen LogP contribution in [-0.2, 0) is 6.54 Å². The van der Waals surface area contributed by atoms with E-state index < -0.39 is 0 Å². The van der Waals surface area contributed by atoms with Crippen molar-refractivity contribution in [1.82, 2.24) is 4.90 Å². The highest BCUT2D eigenvalue weighted by Gasteiger charge is 2.37. The van der Waals surface area contributed by atoms with Crippen LogP contribution in [0, 0.1) is 5.92 Å². The fraction of sp³-hybridized carbons (Fsp3) is 0.562. The smallest absolute Gasteiger partial charge is 0.254 e. The zero-order valence-corrected chi connectivity index (χ0v) is 12.7. The average Bonchev–Trinajstić information content (AvgIpc) is 2.78. The van der Waals surface area contributed by atoms with Crippen molar-refractivity contribution in [3.8, 4) is 5.75 Å². The van der Waals surface area contributed by atoms with Gasteiger partial charge in [0.1, 0.15) is 5.75 Å². The zero-order chi connectivity index (χ0) is 14.3. The summed E-state index contributed by atoms with van der Waals surface area (Å²) in [5.74, 6) is 1.35. The molecule has 1 fully saturated rings. The van der Waals surface area contributed by atoms with Gasteiger partial charge in [0.2, 0.25) is 0 Å². The topological polar surface area (TPSA) is 29.5 Å². The first-order chi connectivity index (χ1) is 9.63. The second kappa shape index (κ2) is 5.28. The first-order valence-corrected chi connectivity index (χ1v) is 7.67. The first kappa shape index (κ1) is 13.7. The summed E-state index contributed by atoms with van der Waals surface area (Å²) >= 11 is 6.36. The molecule has 0 saturated heterocycles. The summed E-state index contributed by atoms with van der Waals surface area (Å²) in [4.78, 5) is 14.6. The number of carbonyl (C=O) groups is 1. The third-order valence-corrected chi connectivity index (χ3v) is 5.13. The normalized spacial score (nSPS) is 25.8. The molecule has 0 N–H and O–H groups in total. The number of halogens is 1. The molecule has 1 aliphatic heterocycles. The predicted molar refractivity (Wildman–Crippen MR) is 79.3 cm³/mol. The highest BCUT2D eigenvalue weighted by Crippen LogP contribution is 2.39. The molecular weight excluding hydrogens is 274 g/mol. The van der Waals surface area contributed by atoms with E-state index in [1.165, 1.54) is 19.3 Å². The van der Waals surface area contributed by atoms with Crippen LogP contribution in [0.5, 0.6) is 5.75 Å². The average molecular weight is 294 g/mol. The lowest BCUT2D eigenvalue weighted by Gasteiger charge is -2.36. The number of amides is 1. The molecule has 4 heteroatoms. The summed E-state index contributed by atoms with van der Waals surface area (Å²) in [6.45, 7) is 2.88. The molecule has 0 aromatic heterocycles. The Labute approximate surface area is 124 Å². The minimum Gasteiger partial charge on any atom is -0.495 e. The molecule has 1 heterocycles. The number of methoxy groups -OCH3 is 1. The van der Waals surface area contributed by atoms with Gasteiger partial charge in [-0.25, -0.2) is 0 Å². The number of rotatable bonds is 2. The molecule has 2 aliphatic rings. The monoisotopic (exact) mass is 293 g/mol. The number of carbonyl (C=O) groups excluding carboxylic acids is 1. The molecule has 3 rings (SSSR count). The van der Waals surface area contributed by atoms with Gasteiger partial charge in [0.15, 0.2) is 0 Å². The zero-order valence-electron chi connectivity index (χ0n) is 12.0. The summed E-state index contributed by atoms with van der Waals surface area (Å²) in [6, 6.07) is 3.98. The van der Waals surface area contributed by atoms with E-state index in [4.69, 9.17) is 16.3 Å². The SMILES string of the molecule is COc1ccc2c(c1Cl)CN([C@@H]1CCCC[C@@H]1C)C2=O. The van der Waals surface area contributed by atoms with Crippen LogP contribution in [0.2, 0.25) is 5.02 Å². The largest absolute Gasteiger partial charge is 0.495 e. The quantitative estimate of drug-likeness (QED) is 0.828. The summed E-state index contributed by atoms with van der Waals surface area (Å²) in [7, 11) is 1.60. The summed E-state index contributed by atoms with van der Waals surface area (Å²) in [6.07, 6.45) is 4.81. The molecule has 1 aromatic carbocycles. The molecule has 0 unspecified atom stereocenters. The van der Waals surface area contributed by atoms with Crippen molar-refractivity contribution in [3.63, 3.8) is 0 Å². The minimum atomic E-state index is 0.128. The van der Waals surface area contributed by atoms with Crippen molar-refractivity contribution in [2.75, 3.05) is 7.11 Å². The van der Waals surface area contributed by atoms with Crippen LogP contribution in [0.4, 0.5) is 0 Å². The number of nitrogens with zero attached hydrogens (tertiary/aromatic N) is 1. The van der Waals surface area contributed by atoms with Crippen molar-refractivity contribution in [1.29, 1.82) is 0 Å². The second-order valence-electron chi connectivity index (χ2n) is 5.87. The number of fused-ring (bicyclic) bond motifs is 1. The van der Waals surface area contributed by atoms with Gasteiger partial charge in [0, 0.05) is 23.7 Å². The Bertz CT molecular complexity index is 544. The van der Waals surface area contributed by atoms with E-state index in [1.54, 1.807) is 13.2 Å². The van der Waals surface area contributed by atoms with Crippen molar-refractivity contribution >= 4 is 17.5 Å². The lowest BCUT2D eigenvalue weighted by Crippen LogP contribution is -2.41. The van der Waals surface area contributed by atoms with Gasteiger partial charge in [-0.3, -0.25) is 4.79 Å². The van der Waals surface area contributed by atoms with E-state index in [2.05, 4.69) is 6.92 Å². The Kier molecular flexibility index (Phi) is 3.63. The van der Waals surface area contributed by atoms with Gasteiger partial charge in [-0.05, 0) is 30.9 Å². The van der Waals surface area contributed by atoms with Gasteiger partial charge < -0.3 is 9.64 Å². The lowest BCUT2D eigenvalue weighted by atomic mass is 9.85. The highest BCUT2D eigenvalue weighted by molar-refractivity contribution is 6.33. The second-order valence-corrected chi connectivity index (χ2v) is 6.25. The van der Waals surface area contributed by atoms with Crippen LogP contribution in [0.1, 0.15) is 48.5 Å². The molecule has 2 atom stereocenters. The van der Waals surface area contributed by atoms with Gasteiger partial charge in [0.25, 0.3) is 5.91 Å². The van der Waals surface area contributed by atoms with Gasteiger partial charge in [-0.15, -0.1) is 0 Å². The number of hydrogen-bond donors (Lipinski definition) is 0. The predicted octanol–water partition coefficient (Wildman–Crippen LogP) is 3.88. The molecule has 1 aliphatic carbocycles. The Hall–Kier alpha value is -1.22. The van der Waals surface area contributed by atoms with Crippen LogP contribution in [-0.4, -0.2) is 24.0 Å². The summed E-state index contributed by atoms with van der Waals surface area (Å²) in [5.41, 5.74) is 1.67. The fourth-order valence-corrected chi connectivity index (χ4v) is 3.84. The van der Waals surface area contributed by atoms with Gasteiger partial charge in [-0.1, -0.05) is 31.4 Å². The van der Waals surface area contributed by atoms with Crippen molar-refractivity contribution in [3.05, 3.63) is 28.3 Å². The summed E-state index contributed by atoms with van der Waals surface area (Å²) in [5, 5.41) is 0.587. The number of ether oxygens (including phenoxy) is 1. The van der Waals surface area contributed by atoms with Crippen molar-refractivity contribution in [2.24, 2.45) is 5.92 Å². The van der Waals surface area contributed by atoms with Gasteiger partial charge >= 0.3 is 0 Å². The standard InChI is InChI=1S/C16H20ClNO2/c1-10-5-3-4-6-13(10)18-9-12-11(16(18)19)7-8-14(20-2)15(12)17/h7-8,10,13H,3-6,9H2,1-2H3/t10-,13+/m0/s1. The maximum absolute atomic E-state index is 12.6. The van der Waals surface area contributed by atoms with E-state index in [9.17, 15) is 4.79 Å². The summed E-state index contributed by atoms with van der Waals surface area (Å²) < 4.78 is 5.25. The lowest BCUT2D eigenvalue weighted by molar-refractivity contribution is 0.0579. The molecule has 1 amide bonds. The fourth-order valence-electron chi connectivity index (χ4n) is 3.54. The molecule has 0 bridgehead atoms. The maximum atomic E-state index is 12.6. The van der Waals surface area contributed by atoms with Crippen molar-refractivity contribution in [2.45, 2.75) is 45.2 Å². The van der Waals surface area contributed by atoms with Crippen LogP contribution in [0.15, 0.2) is 12.1 Å². The third-order valence-electron chi connectivity index (χ3n) is 4.71. The maximum Gasteiger partial charge on any atom is 0.254 e. The Balaban J connectivity index is 1.92. The van der Waals surface area contributed by atoms with Gasteiger partial charge in [0.05, 0.1) is 12.1 Å². The molecule has 1 saturated carbocycles. The van der Waals surface area contributed by atoms with Crippen LogP contribution < -0.4 is 4.74 Å². The van der Waals surface area contributed by atoms with E-state index in [0.29, 0.717) is 29.3 Å². The molecule has 0 radical (unpaired) electrons.